The normalized spacial score (nSPS) is 10.0. The number of rotatable bonds is 4. The molecule has 0 aliphatic heterocycles. The molecule has 2 N–H and O–H groups in total. The van der Waals surface area contributed by atoms with Crippen molar-refractivity contribution in [3.05, 3.63) is 59.1 Å². The highest BCUT2D eigenvalue weighted by atomic mass is 35.5. The lowest BCUT2D eigenvalue weighted by Crippen LogP contribution is -2.27. The second-order valence-electron chi connectivity index (χ2n) is 4.88. The lowest BCUT2D eigenvalue weighted by atomic mass is 10.2. The number of thiocarbonyl (C=S) groups is 1. The van der Waals surface area contributed by atoms with Crippen molar-refractivity contribution in [2.45, 2.75) is 6.54 Å². The van der Waals surface area contributed by atoms with Crippen LogP contribution in [-0.4, -0.2) is 19.2 Å². The highest BCUT2D eigenvalue weighted by Gasteiger charge is 2.00. The van der Waals surface area contributed by atoms with E-state index in [1.807, 2.05) is 62.6 Å². The van der Waals surface area contributed by atoms with Crippen molar-refractivity contribution >= 4 is 40.3 Å². The third-order valence-electron chi connectivity index (χ3n) is 3.01. The summed E-state index contributed by atoms with van der Waals surface area (Å²) in [6.07, 6.45) is 0. The Kier molecular flexibility index (Phi) is 5.42. The number of halogens is 1. The molecule has 2 aromatic carbocycles. The van der Waals surface area contributed by atoms with Crippen molar-refractivity contribution in [1.29, 1.82) is 0 Å². The second-order valence-corrected chi connectivity index (χ2v) is 5.72. The van der Waals surface area contributed by atoms with Gasteiger partial charge in [0, 0.05) is 37.0 Å². The Balaban J connectivity index is 1.85. The summed E-state index contributed by atoms with van der Waals surface area (Å²) in [7, 11) is 4.03. The summed E-state index contributed by atoms with van der Waals surface area (Å²) in [5, 5.41) is 7.67. The standard InChI is InChI=1S/C16H18ClN3S/c1-20(2)15-9-7-14(8-10-15)19-16(21)18-11-12-3-5-13(17)6-4-12/h3-10H,11H2,1-2H3,(H2,18,19,21). The predicted molar refractivity (Wildman–Crippen MR) is 95.3 cm³/mol. The Hall–Kier alpha value is -1.78. The van der Waals surface area contributed by atoms with Crippen LogP contribution in [0.1, 0.15) is 5.56 Å². The van der Waals surface area contributed by atoms with Gasteiger partial charge in [0.2, 0.25) is 0 Å². The van der Waals surface area contributed by atoms with Gasteiger partial charge in [-0.1, -0.05) is 23.7 Å². The maximum Gasteiger partial charge on any atom is 0.171 e. The molecule has 110 valence electrons. The van der Waals surface area contributed by atoms with Crippen LogP contribution in [0.5, 0.6) is 0 Å². The van der Waals surface area contributed by atoms with E-state index in [4.69, 9.17) is 23.8 Å². The minimum atomic E-state index is 0.600. The minimum Gasteiger partial charge on any atom is -0.378 e. The number of anilines is 2. The van der Waals surface area contributed by atoms with Crippen molar-refractivity contribution in [3.8, 4) is 0 Å². The fourth-order valence-corrected chi connectivity index (χ4v) is 2.12. The van der Waals surface area contributed by atoms with E-state index in [2.05, 4.69) is 15.5 Å². The third kappa shape index (κ3) is 4.92. The van der Waals surface area contributed by atoms with E-state index < -0.39 is 0 Å². The van der Waals surface area contributed by atoms with Crippen LogP contribution in [0.25, 0.3) is 0 Å². The number of benzene rings is 2. The SMILES string of the molecule is CN(C)c1ccc(NC(=S)NCc2ccc(Cl)cc2)cc1. The zero-order chi connectivity index (χ0) is 15.2. The number of hydrogen-bond acceptors (Lipinski definition) is 2. The van der Waals surface area contributed by atoms with Crippen LogP contribution in [0.15, 0.2) is 48.5 Å². The first-order valence-electron chi connectivity index (χ1n) is 6.61. The van der Waals surface area contributed by atoms with E-state index in [0.717, 1.165) is 22.0 Å². The van der Waals surface area contributed by atoms with Gasteiger partial charge in [-0.05, 0) is 54.2 Å². The Morgan fingerprint density at radius 2 is 1.67 bits per heavy atom. The average Bonchev–Trinajstić information content (AvgIpc) is 2.47. The zero-order valence-corrected chi connectivity index (χ0v) is 13.6. The van der Waals surface area contributed by atoms with Crippen LogP contribution in [0.4, 0.5) is 11.4 Å². The van der Waals surface area contributed by atoms with E-state index in [0.29, 0.717) is 11.7 Å². The lowest BCUT2D eigenvalue weighted by Gasteiger charge is -2.14. The monoisotopic (exact) mass is 319 g/mol. The first kappa shape index (κ1) is 15.6. The molecule has 0 aliphatic carbocycles. The molecule has 0 unspecified atom stereocenters. The van der Waals surface area contributed by atoms with Gasteiger partial charge in [-0.3, -0.25) is 0 Å². The maximum atomic E-state index is 5.85. The summed E-state index contributed by atoms with van der Waals surface area (Å²) >= 11 is 11.1. The number of nitrogens with zero attached hydrogens (tertiary/aromatic N) is 1. The van der Waals surface area contributed by atoms with Gasteiger partial charge in [0.25, 0.3) is 0 Å². The molecule has 0 spiro atoms. The molecule has 0 aliphatic rings. The molecule has 0 fully saturated rings. The summed E-state index contributed by atoms with van der Waals surface area (Å²) < 4.78 is 0. The number of hydrogen-bond donors (Lipinski definition) is 2. The maximum absolute atomic E-state index is 5.85. The Labute approximate surface area is 135 Å². The summed E-state index contributed by atoms with van der Waals surface area (Å²) in [5.74, 6) is 0. The molecule has 0 radical (unpaired) electrons. The van der Waals surface area contributed by atoms with Crippen LogP contribution in [0, 0.1) is 0 Å². The van der Waals surface area contributed by atoms with E-state index in [9.17, 15) is 0 Å². The fourth-order valence-electron chi connectivity index (χ4n) is 1.80. The van der Waals surface area contributed by atoms with Crippen molar-refractivity contribution in [3.63, 3.8) is 0 Å². The van der Waals surface area contributed by atoms with Crippen LogP contribution >= 0.6 is 23.8 Å². The lowest BCUT2D eigenvalue weighted by molar-refractivity contribution is 0.926. The smallest absolute Gasteiger partial charge is 0.171 e. The molecule has 0 saturated carbocycles. The van der Waals surface area contributed by atoms with E-state index in [1.54, 1.807) is 0 Å². The minimum absolute atomic E-state index is 0.600. The molecule has 0 aromatic heterocycles. The molecule has 0 amide bonds. The van der Waals surface area contributed by atoms with Crippen molar-refractivity contribution in [2.75, 3.05) is 24.3 Å². The van der Waals surface area contributed by atoms with Crippen LogP contribution in [0.2, 0.25) is 5.02 Å². The topological polar surface area (TPSA) is 27.3 Å². The van der Waals surface area contributed by atoms with E-state index in [-0.39, 0.29) is 0 Å². The second kappa shape index (κ2) is 7.29. The van der Waals surface area contributed by atoms with Gasteiger partial charge in [-0.25, -0.2) is 0 Å². The molecule has 0 heterocycles. The van der Waals surface area contributed by atoms with Crippen molar-refractivity contribution in [2.24, 2.45) is 0 Å². The van der Waals surface area contributed by atoms with Gasteiger partial charge >= 0.3 is 0 Å². The quantitative estimate of drug-likeness (QED) is 0.836. The third-order valence-corrected chi connectivity index (χ3v) is 3.51. The summed E-state index contributed by atoms with van der Waals surface area (Å²) in [5.41, 5.74) is 3.25. The Morgan fingerprint density at radius 3 is 2.24 bits per heavy atom. The Morgan fingerprint density at radius 1 is 1.05 bits per heavy atom. The molecule has 2 aromatic rings. The van der Waals surface area contributed by atoms with Crippen LogP contribution < -0.4 is 15.5 Å². The van der Waals surface area contributed by atoms with E-state index >= 15 is 0 Å². The Bertz CT molecular complexity index is 594. The highest BCUT2D eigenvalue weighted by Crippen LogP contribution is 2.15. The van der Waals surface area contributed by atoms with Crippen LogP contribution in [0.3, 0.4) is 0 Å². The molecule has 0 bridgehead atoms. The molecular weight excluding hydrogens is 302 g/mol. The van der Waals surface area contributed by atoms with Gasteiger partial charge in [-0.2, -0.15) is 0 Å². The molecular formula is C16H18ClN3S. The van der Waals surface area contributed by atoms with Gasteiger partial charge in [0.15, 0.2) is 5.11 Å². The predicted octanol–water partition coefficient (Wildman–Crippen LogP) is 3.89. The molecule has 3 nitrogen and oxygen atoms in total. The van der Waals surface area contributed by atoms with Gasteiger partial charge in [0.1, 0.15) is 0 Å². The van der Waals surface area contributed by atoms with E-state index in [1.165, 1.54) is 0 Å². The summed E-state index contributed by atoms with van der Waals surface area (Å²) in [6.45, 7) is 0.665. The largest absolute Gasteiger partial charge is 0.378 e. The average molecular weight is 320 g/mol. The van der Waals surface area contributed by atoms with Gasteiger partial charge < -0.3 is 15.5 Å². The zero-order valence-electron chi connectivity index (χ0n) is 12.1. The van der Waals surface area contributed by atoms with Crippen molar-refractivity contribution in [1.82, 2.24) is 5.32 Å². The van der Waals surface area contributed by atoms with Gasteiger partial charge in [-0.15, -0.1) is 0 Å². The summed E-state index contributed by atoms with van der Waals surface area (Å²) in [4.78, 5) is 2.06. The molecule has 5 heteroatoms. The molecule has 2 rings (SSSR count). The van der Waals surface area contributed by atoms with Crippen LogP contribution in [-0.2, 0) is 6.54 Å². The van der Waals surface area contributed by atoms with Gasteiger partial charge in [0.05, 0.1) is 0 Å². The molecule has 0 atom stereocenters. The summed E-state index contributed by atoms with van der Waals surface area (Å²) in [6, 6.07) is 15.8. The highest BCUT2D eigenvalue weighted by molar-refractivity contribution is 7.80. The fraction of sp³-hybridized carbons (Fsp3) is 0.188. The molecule has 0 saturated heterocycles. The first-order valence-corrected chi connectivity index (χ1v) is 7.40. The van der Waals surface area contributed by atoms with Crippen molar-refractivity contribution < 1.29 is 0 Å². The molecule has 21 heavy (non-hydrogen) atoms. The number of nitrogens with one attached hydrogen (secondary N) is 2. The first-order chi connectivity index (χ1) is 10.0.